The van der Waals surface area contributed by atoms with Gasteiger partial charge in [0, 0.05) is 29.2 Å². The molecule has 1 N–H and O–H groups in total. The van der Waals surface area contributed by atoms with E-state index in [1.807, 2.05) is 66.9 Å². The van der Waals surface area contributed by atoms with Gasteiger partial charge < -0.3 is 14.0 Å². The van der Waals surface area contributed by atoms with E-state index in [-0.39, 0.29) is 18.3 Å². The van der Waals surface area contributed by atoms with Gasteiger partial charge in [-0.3, -0.25) is 15.0 Å². The predicted molar refractivity (Wildman–Crippen MR) is 124 cm³/mol. The monoisotopic (exact) mass is 437 g/mol. The average Bonchev–Trinajstić information content (AvgIpc) is 3.52. The first-order valence-electron chi connectivity index (χ1n) is 10.6. The third kappa shape index (κ3) is 3.30. The van der Waals surface area contributed by atoms with Crippen LogP contribution in [0.15, 0.2) is 84.6 Å². The van der Waals surface area contributed by atoms with Crippen LogP contribution in [-0.4, -0.2) is 23.2 Å². The van der Waals surface area contributed by atoms with E-state index in [2.05, 4.69) is 9.99 Å². The van der Waals surface area contributed by atoms with E-state index < -0.39 is 5.91 Å². The Balaban J connectivity index is 1.37. The van der Waals surface area contributed by atoms with Crippen LogP contribution in [0.25, 0.3) is 17.0 Å². The van der Waals surface area contributed by atoms with Gasteiger partial charge in [-0.1, -0.05) is 42.5 Å². The number of nitrogens with zero attached hydrogens (tertiary/aromatic N) is 2. The van der Waals surface area contributed by atoms with E-state index in [1.165, 1.54) is 5.01 Å². The van der Waals surface area contributed by atoms with E-state index in [1.54, 1.807) is 18.2 Å². The predicted octanol–water partition coefficient (Wildman–Crippen LogP) is 3.88. The van der Waals surface area contributed by atoms with Gasteiger partial charge in [-0.05, 0) is 42.0 Å². The van der Waals surface area contributed by atoms with Crippen molar-refractivity contribution >= 4 is 34.5 Å². The largest absolute Gasteiger partial charge is 0.454 e. The number of hydrazine groups is 1. The summed E-state index contributed by atoms with van der Waals surface area (Å²) in [5.74, 6) is 0.686. The molecule has 6 rings (SSSR count). The minimum Gasteiger partial charge on any atom is -0.454 e. The topological polar surface area (TPSA) is 72.8 Å². The number of nitrogens with one attached hydrogen (secondary N) is 1. The van der Waals surface area contributed by atoms with E-state index in [9.17, 15) is 9.59 Å². The summed E-state index contributed by atoms with van der Waals surface area (Å²) in [6.45, 7) is 0.843. The first-order chi connectivity index (χ1) is 16.2. The standard InChI is InChI=1S/C26H19N3O4/c30-25-21(26(31)29(27-25)19-6-2-1-3-7-19)13-18-15-28(22-9-5-4-8-20(18)22)14-17-10-11-23-24(12-17)33-16-32-23/h1-13,15H,14,16H2,(H,27,30)/b21-13-. The zero-order valence-electron chi connectivity index (χ0n) is 17.5. The Hall–Kier alpha value is -4.52. The molecule has 2 amide bonds. The second kappa shape index (κ2) is 7.56. The Bertz CT molecular complexity index is 1440. The van der Waals surface area contributed by atoms with Crippen molar-refractivity contribution in [1.82, 2.24) is 9.99 Å². The molecule has 1 saturated heterocycles. The number of rotatable bonds is 4. The number of amides is 2. The summed E-state index contributed by atoms with van der Waals surface area (Å²) in [5, 5.41) is 2.24. The summed E-state index contributed by atoms with van der Waals surface area (Å²) >= 11 is 0. The lowest BCUT2D eigenvalue weighted by Crippen LogP contribution is -2.35. The van der Waals surface area contributed by atoms with Gasteiger partial charge in [0.05, 0.1) is 5.69 Å². The molecule has 0 bridgehead atoms. The number of carbonyl (C=O) groups excluding carboxylic acids is 2. The second-order valence-electron chi connectivity index (χ2n) is 7.89. The Kier molecular flexibility index (Phi) is 4.40. The molecule has 162 valence electrons. The highest BCUT2D eigenvalue weighted by Crippen LogP contribution is 2.33. The zero-order chi connectivity index (χ0) is 22.4. The fourth-order valence-corrected chi connectivity index (χ4v) is 4.23. The van der Waals surface area contributed by atoms with Crippen molar-refractivity contribution in [3.63, 3.8) is 0 Å². The number of fused-ring (bicyclic) bond motifs is 2. The molecule has 0 saturated carbocycles. The van der Waals surface area contributed by atoms with Crippen molar-refractivity contribution in [3.8, 4) is 11.5 Å². The van der Waals surface area contributed by atoms with Gasteiger partial charge in [0.25, 0.3) is 11.8 Å². The van der Waals surface area contributed by atoms with Crippen LogP contribution in [0, 0.1) is 0 Å². The lowest BCUT2D eigenvalue weighted by atomic mass is 10.1. The lowest BCUT2D eigenvalue weighted by Gasteiger charge is -2.13. The smallest absolute Gasteiger partial charge is 0.282 e. The number of aromatic nitrogens is 1. The van der Waals surface area contributed by atoms with Gasteiger partial charge >= 0.3 is 0 Å². The normalized spacial score (nSPS) is 16.1. The zero-order valence-corrected chi connectivity index (χ0v) is 17.5. The van der Waals surface area contributed by atoms with Crippen LogP contribution in [0.2, 0.25) is 0 Å². The second-order valence-corrected chi connectivity index (χ2v) is 7.89. The maximum Gasteiger partial charge on any atom is 0.282 e. The van der Waals surface area contributed by atoms with E-state index in [0.717, 1.165) is 33.5 Å². The molecule has 4 aromatic rings. The number of anilines is 1. The van der Waals surface area contributed by atoms with Gasteiger partial charge in [-0.2, -0.15) is 0 Å². The molecular weight excluding hydrogens is 418 g/mol. The van der Waals surface area contributed by atoms with Crippen LogP contribution in [-0.2, 0) is 16.1 Å². The Labute approximate surface area is 189 Å². The molecule has 0 radical (unpaired) electrons. The SMILES string of the molecule is O=C1NN(c2ccccc2)C(=O)/C1=C\c1cn(Cc2ccc3c(c2)OCO3)c2ccccc12. The third-order valence-corrected chi connectivity index (χ3v) is 5.82. The van der Waals surface area contributed by atoms with Crippen LogP contribution in [0.1, 0.15) is 11.1 Å². The van der Waals surface area contributed by atoms with Crippen LogP contribution in [0.3, 0.4) is 0 Å². The minimum atomic E-state index is -0.420. The summed E-state index contributed by atoms with van der Waals surface area (Å²) in [6.07, 6.45) is 3.63. The van der Waals surface area contributed by atoms with Gasteiger partial charge in [0.2, 0.25) is 6.79 Å². The van der Waals surface area contributed by atoms with Crippen molar-refractivity contribution in [2.75, 3.05) is 11.8 Å². The first kappa shape index (κ1) is 19.2. The summed E-state index contributed by atoms with van der Waals surface area (Å²) in [4.78, 5) is 25.6. The summed E-state index contributed by atoms with van der Waals surface area (Å²) in [5.41, 5.74) is 6.24. The molecule has 0 atom stereocenters. The first-order valence-corrected chi connectivity index (χ1v) is 10.6. The highest BCUT2D eigenvalue weighted by molar-refractivity contribution is 6.32. The molecule has 2 aliphatic heterocycles. The summed E-state index contributed by atoms with van der Waals surface area (Å²) < 4.78 is 13.0. The number of benzene rings is 3. The average molecular weight is 437 g/mol. The highest BCUT2D eigenvalue weighted by atomic mass is 16.7. The fraction of sp³-hybridized carbons (Fsp3) is 0.0769. The summed E-state index contributed by atoms with van der Waals surface area (Å²) in [7, 11) is 0. The van der Waals surface area contributed by atoms with Crippen molar-refractivity contribution in [1.29, 1.82) is 0 Å². The minimum absolute atomic E-state index is 0.102. The van der Waals surface area contributed by atoms with E-state index >= 15 is 0 Å². The molecule has 33 heavy (non-hydrogen) atoms. The highest BCUT2D eigenvalue weighted by Gasteiger charge is 2.34. The molecular formula is C26H19N3O4. The van der Waals surface area contributed by atoms with Gasteiger partial charge in [0.15, 0.2) is 11.5 Å². The van der Waals surface area contributed by atoms with Crippen molar-refractivity contribution in [2.45, 2.75) is 6.54 Å². The maximum atomic E-state index is 13.0. The number of para-hydroxylation sites is 2. The van der Waals surface area contributed by atoms with Gasteiger partial charge in [-0.25, -0.2) is 5.01 Å². The van der Waals surface area contributed by atoms with Crippen molar-refractivity contribution in [2.24, 2.45) is 0 Å². The Morgan fingerprint density at radius 3 is 2.58 bits per heavy atom. The lowest BCUT2D eigenvalue weighted by molar-refractivity contribution is -0.117. The third-order valence-electron chi connectivity index (χ3n) is 5.82. The number of hydrogen-bond acceptors (Lipinski definition) is 4. The van der Waals surface area contributed by atoms with Crippen molar-refractivity contribution < 1.29 is 19.1 Å². The molecule has 1 aromatic heterocycles. The molecule has 3 aromatic carbocycles. The molecule has 0 spiro atoms. The van der Waals surface area contributed by atoms with Crippen LogP contribution >= 0.6 is 0 Å². The van der Waals surface area contributed by atoms with E-state index in [0.29, 0.717) is 12.2 Å². The molecule has 1 fully saturated rings. The van der Waals surface area contributed by atoms with Crippen LogP contribution < -0.4 is 19.9 Å². The van der Waals surface area contributed by atoms with Gasteiger partial charge in [-0.15, -0.1) is 0 Å². The molecule has 2 aliphatic rings. The fourth-order valence-electron chi connectivity index (χ4n) is 4.23. The summed E-state index contributed by atoms with van der Waals surface area (Å²) in [6, 6.07) is 22.9. The Morgan fingerprint density at radius 2 is 1.70 bits per heavy atom. The number of hydrogen-bond donors (Lipinski definition) is 1. The van der Waals surface area contributed by atoms with Crippen LogP contribution in [0.5, 0.6) is 11.5 Å². The molecule has 7 heteroatoms. The van der Waals surface area contributed by atoms with Crippen molar-refractivity contribution in [3.05, 3.63) is 95.7 Å². The molecule has 7 nitrogen and oxygen atoms in total. The van der Waals surface area contributed by atoms with Crippen LogP contribution in [0.4, 0.5) is 5.69 Å². The number of carbonyl (C=O) groups is 2. The van der Waals surface area contributed by atoms with E-state index in [4.69, 9.17) is 9.47 Å². The molecule has 0 aliphatic carbocycles. The quantitative estimate of drug-likeness (QED) is 0.389. The van der Waals surface area contributed by atoms with Gasteiger partial charge in [0.1, 0.15) is 5.57 Å². The molecule has 3 heterocycles. The number of ether oxygens (including phenoxy) is 2. The molecule has 0 unspecified atom stereocenters. The Morgan fingerprint density at radius 1 is 0.909 bits per heavy atom. The maximum absolute atomic E-state index is 13.0.